The molecule has 0 heterocycles. The van der Waals surface area contributed by atoms with Crippen LogP contribution in [0, 0.1) is 0 Å². The summed E-state index contributed by atoms with van der Waals surface area (Å²) in [4.78, 5) is 38.8. The Balaban J connectivity index is 1.41. The molecule has 0 aliphatic heterocycles. The zero-order valence-corrected chi connectivity index (χ0v) is 41.5. The fraction of sp³-hybridized carbons (Fsp3) is 0.672. The van der Waals surface area contributed by atoms with Crippen LogP contribution < -0.4 is 0 Å². The molecule has 7 heteroatoms. The number of esters is 3. The van der Waals surface area contributed by atoms with Gasteiger partial charge in [-0.25, -0.2) is 0 Å². The molecule has 0 saturated heterocycles. The first-order valence-electron chi connectivity index (χ1n) is 26.5. The van der Waals surface area contributed by atoms with Gasteiger partial charge in [0, 0.05) is 19.3 Å². The number of nitrogens with zero attached hydrogens (tertiary/aromatic N) is 1. The molecule has 0 aliphatic carbocycles. The third-order valence-corrected chi connectivity index (χ3v) is 12.2. The van der Waals surface area contributed by atoms with Gasteiger partial charge >= 0.3 is 17.9 Å². The summed E-state index contributed by atoms with van der Waals surface area (Å²) in [7, 11) is 4.16. The third-order valence-electron chi connectivity index (χ3n) is 12.2. The molecule has 2 aromatic carbocycles. The second-order valence-electron chi connectivity index (χ2n) is 18.6. The molecule has 2 aromatic rings. The average Bonchev–Trinajstić information content (AvgIpc) is 3.31. The number of carbonyl (C=O) groups excluding carboxylic acids is 3. The van der Waals surface area contributed by atoms with Crippen molar-refractivity contribution < 1.29 is 28.6 Å². The molecule has 0 bridgehead atoms. The Morgan fingerprint density at radius 3 is 1.12 bits per heavy atom. The smallest absolute Gasteiger partial charge is 0.306 e. The fourth-order valence-corrected chi connectivity index (χ4v) is 8.10. The van der Waals surface area contributed by atoms with Crippen LogP contribution in [0.15, 0.2) is 85.0 Å². The second kappa shape index (κ2) is 42.9. The molecule has 0 amide bonds. The topological polar surface area (TPSA) is 82.1 Å². The monoisotopic (exact) mass is 900 g/mol. The highest BCUT2D eigenvalue weighted by Crippen LogP contribution is 2.19. The Kier molecular flexibility index (Phi) is 37.9. The zero-order chi connectivity index (χ0) is 46.5. The van der Waals surface area contributed by atoms with E-state index < -0.39 is 0 Å². The van der Waals surface area contributed by atoms with Crippen molar-refractivity contribution in [1.29, 1.82) is 0 Å². The molecule has 0 radical (unpaired) electrons. The number of benzene rings is 2. The van der Waals surface area contributed by atoms with Gasteiger partial charge < -0.3 is 19.1 Å². The summed E-state index contributed by atoms with van der Waals surface area (Å²) < 4.78 is 16.8. The normalized spacial score (nSPS) is 11.6. The summed E-state index contributed by atoms with van der Waals surface area (Å²) in [5, 5.41) is 0. The van der Waals surface area contributed by atoms with Crippen LogP contribution in [0.5, 0.6) is 0 Å². The van der Waals surface area contributed by atoms with Gasteiger partial charge in [0.2, 0.25) is 0 Å². The van der Waals surface area contributed by atoms with Crippen molar-refractivity contribution in [2.45, 2.75) is 231 Å². The largest absolute Gasteiger partial charge is 0.462 e. The van der Waals surface area contributed by atoms with Crippen LogP contribution in [-0.4, -0.2) is 49.6 Å². The van der Waals surface area contributed by atoms with E-state index in [2.05, 4.69) is 43.3 Å². The Hall–Kier alpha value is -3.71. The van der Waals surface area contributed by atoms with Crippen LogP contribution in [0.2, 0.25) is 0 Å². The van der Waals surface area contributed by atoms with Crippen molar-refractivity contribution in [2.24, 2.45) is 0 Å². The molecule has 2 rings (SSSR count). The van der Waals surface area contributed by atoms with Crippen molar-refractivity contribution in [1.82, 2.24) is 4.90 Å². The molecule has 0 aliphatic rings. The van der Waals surface area contributed by atoms with Gasteiger partial charge in [0.05, 0.1) is 0 Å². The maximum Gasteiger partial charge on any atom is 0.306 e. The van der Waals surface area contributed by atoms with E-state index in [9.17, 15) is 14.4 Å². The van der Waals surface area contributed by atoms with Crippen LogP contribution >= 0.6 is 0 Å². The standard InChI is InChI=1S/C58H93NO6/c1-59(2)50-40-39-49-58(62)65-55(45-35-25-21-17-13-9-5-3-7-11-15-19-23-27-37-47-56(60)63-51-53-41-31-29-32-42-53)46-36-26-22-18-14-10-6-4-8-12-16-20-24-28-38-48-57(61)64-52-54-43-33-30-34-44-54/h3-4,7-8,29-34,41-44,55H,5-6,9-28,35-40,45-52H2,1-2H3/b7-3-,8-4-. The predicted molar refractivity (Wildman–Crippen MR) is 272 cm³/mol. The van der Waals surface area contributed by atoms with Gasteiger partial charge in [0.15, 0.2) is 0 Å². The molecule has 0 N–H and O–H groups in total. The molecule has 0 saturated carbocycles. The van der Waals surface area contributed by atoms with Crippen molar-refractivity contribution in [2.75, 3.05) is 20.6 Å². The SMILES string of the molecule is CN(C)CCCCC(=O)OC(CCCCCCCC/C=C\CCCCCCCC(=O)OCc1ccccc1)CCCCCCCC/C=C\CCCCCCCC(=O)OCc1ccccc1. The Bertz CT molecular complexity index is 1360. The number of hydrogen-bond acceptors (Lipinski definition) is 7. The van der Waals surface area contributed by atoms with Gasteiger partial charge in [-0.2, -0.15) is 0 Å². The highest BCUT2D eigenvalue weighted by atomic mass is 16.5. The van der Waals surface area contributed by atoms with Crippen LogP contribution in [0.1, 0.15) is 223 Å². The lowest BCUT2D eigenvalue weighted by Crippen LogP contribution is -2.19. The average molecular weight is 900 g/mol. The van der Waals surface area contributed by atoms with E-state index in [0.717, 1.165) is 94.7 Å². The van der Waals surface area contributed by atoms with Crippen LogP contribution in [0.3, 0.4) is 0 Å². The van der Waals surface area contributed by atoms with E-state index in [1.807, 2.05) is 60.7 Å². The van der Waals surface area contributed by atoms with Gasteiger partial charge in [-0.05, 0) is 135 Å². The minimum Gasteiger partial charge on any atom is -0.462 e. The number of ether oxygens (including phenoxy) is 3. The molecule has 65 heavy (non-hydrogen) atoms. The summed E-state index contributed by atoms with van der Waals surface area (Å²) in [5.41, 5.74) is 2.08. The first-order chi connectivity index (χ1) is 31.9. The summed E-state index contributed by atoms with van der Waals surface area (Å²) >= 11 is 0. The number of rotatable bonds is 44. The Morgan fingerprint density at radius 2 is 0.738 bits per heavy atom. The Labute approximate surface area is 397 Å². The highest BCUT2D eigenvalue weighted by Gasteiger charge is 2.14. The molecule has 7 nitrogen and oxygen atoms in total. The lowest BCUT2D eigenvalue weighted by Gasteiger charge is -2.18. The van der Waals surface area contributed by atoms with E-state index in [1.165, 1.54) is 116 Å². The number of carbonyl (C=O) groups is 3. The third kappa shape index (κ3) is 38.1. The summed E-state index contributed by atoms with van der Waals surface area (Å²) in [6, 6.07) is 19.7. The van der Waals surface area contributed by atoms with Gasteiger partial charge in [-0.15, -0.1) is 0 Å². The maximum atomic E-state index is 12.7. The van der Waals surface area contributed by atoms with Crippen molar-refractivity contribution in [3.05, 3.63) is 96.1 Å². The van der Waals surface area contributed by atoms with Gasteiger partial charge in [0.1, 0.15) is 19.3 Å². The molecule has 366 valence electrons. The van der Waals surface area contributed by atoms with Gasteiger partial charge in [-0.3, -0.25) is 14.4 Å². The van der Waals surface area contributed by atoms with Crippen LogP contribution in [0.4, 0.5) is 0 Å². The number of allylic oxidation sites excluding steroid dienone is 4. The van der Waals surface area contributed by atoms with E-state index in [-0.39, 0.29) is 24.0 Å². The highest BCUT2D eigenvalue weighted by molar-refractivity contribution is 5.70. The maximum absolute atomic E-state index is 12.7. The van der Waals surface area contributed by atoms with Crippen LogP contribution in [-0.2, 0) is 41.8 Å². The molecule has 0 fully saturated rings. The van der Waals surface area contributed by atoms with Crippen molar-refractivity contribution in [3.8, 4) is 0 Å². The first-order valence-corrected chi connectivity index (χ1v) is 26.5. The van der Waals surface area contributed by atoms with Crippen molar-refractivity contribution in [3.63, 3.8) is 0 Å². The summed E-state index contributed by atoms with van der Waals surface area (Å²) in [5.74, 6) is -0.180. The van der Waals surface area contributed by atoms with E-state index >= 15 is 0 Å². The summed E-state index contributed by atoms with van der Waals surface area (Å²) in [6.07, 6.45) is 46.0. The summed E-state index contributed by atoms with van der Waals surface area (Å²) in [6.45, 7) is 1.76. The molecule has 0 spiro atoms. The zero-order valence-electron chi connectivity index (χ0n) is 41.5. The quantitative estimate of drug-likeness (QED) is 0.0283. The second-order valence-corrected chi connectivity index (χ2v) is 18.6. The predicted octanol–water partition coefficient (Wildman–Crippen LogP) is 15.9. The lowest BCUT2D eigenvalue weighted by molar-refractivity contribution is -0.150. The molecule has 0 unspecified atom stereocenters. The van der Waals surface area contributed by atoms with E-state index in [4.69, 9.17) is 14.2 Å². The van der Waals surface area contributed by atoms with Gasteiger partial charge in [0.25, 0.3) is 0 Å². The first kappa shape index (κ1) is 57.4. The van der Waals surface area contributed by atoms with E-state index in [0.29, 0.717) is 32.5 Å². The number of hydrogen-bond donors (Lipinski definition) is 0. The fourth-order valence-electron chi connectivity index (χ4n) is 8.10. The van der Waals surface area contributed by atoms with Crippen LogP contribution in [0.25, 0.3) is 0 Å². The lowest BCUT2D eigenvalue weighted by atomic mass is 10.0. The molecular weight excluding hydrogens is 807 g/mol. The molecular formula is C58H93NO6. The van der Waals surface area contributed by atoms with Gasteiger partial charge in [-0.1, -0.05) is 175 Å². The van der Waals surface area contributed by atoms with E-state index in [1.54, 1.807) is 0 Å². The Morgan fingerprint density at radius 1 is 0.415 bits per heavy atom. The van der Waals surface area contributed by atoms with Crippen molar-refractivity contribution >= 4 is 17.9 Å². The minimum atomic E-state index is -0.0891. The number of unbranched alkanes of at least 4 members (excludes halogenated alkanes) is 23. The minimum absolute atomic E-state index is 0.00207. The molecule has 0 atom stereocenters. The molecule has 0 aromatic heterocycles.